The van der Waals surface area contributed by atoms with Gasteiger partial charge < -0.3 is 9.80 Å². The molecule has 0 N–H and O–H groups in total. The van der Waals surface area contributed by atoms with Gasteiger partial charge in [0.1, 0.15) is 0 Å². The van der Waals surface area contributed by atoms with Crippen LogP contribution in [0, 0.1) is 3.57 Å². The molecule has 11 rings (SSSR count). The van der Waals surface area contributed by atoms with E-state index < -0.39 is 0 Å². The summed E-state index contributed by atoms with van der Waals surface area (Å²) in [6, 6.07) is 43.6. The molecule has 0 saturated carbocycles. The average Bonchev–Trinajstić information content (AvgIpc) is 3.64. The van der Waals surface area contributed by atoms with E-state index in [1.165, 1.54) is 127 Å². The number of hydrogen-bond donors (Lipinski definition) is 0. The van der Waals surface area contributed by atoms with Crippen molar-refractivity contribution in [2.75, 3.05) is 9.80 Å². The normalized spacial score (nSPS) is 18.5. The molecule has 6 aromatic carbocycles. The van der Waals surface area contributed by atoms with E-state index in [0.29, 0.717) is 0 Å². The lowest BCUT2D eigenvalue weighted by molar-refractivity contribution is 0.331. The first-order valence-electron chi connectivity index (χ1n) is 24.9. The maximum Gasteiger partial charge on any atom is 0.254 e. The molecule has 0 amide bonds. The van der Waals surface area contributed by atoms with E-state index in [4.69, 9.17) is 0 Å². The molecule has 2 nitrogen and oxygen atoms in total. The summed E-state index contributed by atoms with van der Waals surface area (Å²) >= 11 is 4.62. The van der Waals surface area contributed by atoms with Crippen LogP contribution in [0.3, 0.4) is 0 Å². The SMILES string of the molecule is CC(C)(C)c1ccc(N2c3cc(I)cc4c3B(c3ccc5c(c3N4c3ccc4c(c3)C(C)(C)CCC4(C)C)C(C)(C)CCC5(C)C)c3c2sc2ccc(C(C)(C)C)cc32)c(-c2ccccc2)c1. The first kappa shape index (κ1) is 45.1. The zero-order valence-corrected chi connectivity index (χ0v) is 45.5. The fraction of sp³-hybridized carbons (Fsp3) is 0.387. The van der Waals surface area contributed by atoms with Crippen LogP contribution < -0.4 is 26.2 Å². The predicted molar refractivity (Wildman–Crippen MR) is 302 cm³/mol. The molecule has 0 atom stereocenters. The monoisotopic (exact) mass is 1010 g/mol. The molecule has 0 unspecified atom stereocenters. The largest absolute Gasteiger partial charge is 0.311 e. The van der Waals surface area contributed by atoms with Crippen LogP contribution in [-0.4, -0.2) is 6.71 Å². The summed E-state index contributed by atoms with van der Waals surface area (Å²) in [7, 11) is 0. The smallest absolute Gasteiger partial charge is 0.254 e. The van der Waals surface area contributed by atoms with E-state index in [1.54, 1.807) is 0 Å². The Bertz CT molecular complexity index is 3190. The van der Waals surface area contributed by atoms with Crippen LogP contribution in [0.15, 0.2) is 109 Å². The van der Waals surface area contributed by atoms with Crippen LogP contribution in [0.25, 0.3) is 21.2 Å². The lowest BCUT2D eigenvalue weighted by Gasteiger charge is -2.49. The lowest BCUT2D eigenvalue weighted by atomic mass is 9.33. The lowest BCUT2D eigenvalue weighted by Crippen LogP contribution is -2.62. The number of anilines is 6. The van der Waals surface area contributed by atoms with E-state index in [1.807, 2.05) is 11.3 Å². The molecule has 2 aliphatic heterocycles. The summed E-state index contributed by atoms with van der Waals surface area (Å²) in [5.74, 6) is 0. The Labute approximate surface area is 419 Å². The highest BCUT2D eigenvalue weighted by Gasteiger charge is 2.50. The van der Waals surface area contributed by atoms with E-state index in [-0.39, 0.29) is 39.2 Å². The van der Waals surface area contributed by atoms with Crippen molar-refractivity contribution >= 4 is 101 Å². The quantitative estimate of drug-likeness (QED) is 0.129. The molecule has 1 aromatic heterocycles. The molecule has 3 heterocycles. The highest BCUT2D eigenvalue weighted by Crippen LogP contribution is 2.56. The van der Waals surface area contributed by atoms with Crippen LogP contribution in [0.1, 0.15) is 156 Å². The van der Waals surface area contributed by atoms with Crippen molar-refractivity contribution in [1.29, 1.82) is 0 Å². The summed E-state index contributed by atoms with van der Waals surface area (Å²) in [6.07, 6.45) is 4.71. The summed E-state index contributed by atoms with van der Waals surface area (Å²) in [4.78, 5) is 5.46. The minimum absolute atomic E-state index is 0.00452. The van der Waals surface area contributed by atoms with Crippen molar-refractivity contribution in [2.45, 2.75) is 155 Å². The van der Waals surface area contributed by atoms with Gasteiger partial charge in [-0.2, -0.15) is 0 Å². The highest BCUT2D eigenvalue weighted by molar-refractivity contribution is 14.1. The van der Waals surface area contributed by atoms with E-state index in [2.05, 4.69) is 239 Å². The first-order valence-corrected chi connectivity index (χ1v) is 26.8. The van der Waals surface area contributed by atoms with E-state index in [0.717, 1.165) is 6.42 Å². The van der Waals surface area contributed by atoms with Crippen LogP contribution in [0.5, 0.6) is 0 Å². The van der Waals surface area contributed by atoms with Crippen molar-refractivity contribution in [2.24, 2.45) is 0 Å². The predicted octanol–water partition coefficient (Wildman–Crippen LogP) is 16.5. The minimum atomic E-state index is -0.0226. The number of rotatable bonds is 3. The molecule has 2 aliphatic carbocycles. The fourth-order valence-electron chi connectivity index (χ4n) is 12.4. The van der Waals surface area contributed by atoms with Gasteiger partial charge >= 0.3 is 0 Å². The van der Waals surface area contributed by atoms with Crippen molar-refractivity contribution in [3.05, 3.63) is 146 Å². The van der Waals surface area contributed by atoms with Gasteiger partial charge in [0.2, 0.25) is 0 Å². The van der Waals surface area contributed by atoms with Crippen LogP contribution >= 0.6 is 33.9 Å². The Morgan fingerprint density at radius 1 is 0.537 bits per heavy atom. The van der Waals surface area contributed by atoms with E-state index in [9.17, 15) is 0 Å². The number of benzene rings is 6. The van der Waals surface area contributed by atoms with Gasteiger partial charge in [-0.25, -0.2) is 0 Å². The van der Waals surface area contributed by atoms with Gasteiger partial charge in [-0.3, -0.25) is 0 Å². The second kappa shape index (κ2) is 14.8. The molecule has 342 valence electrons. The van der Waals surface area contributed by atoms with Gasteiger partial charge in [-0.1, -0.05) is 164 Å². The molecule has 67 heavy (non-hydrogen) atoms. The standard InChI is InChI=1S/C62H68BIN2S/c1-57(2,3)38-20-26-48(42(32-38)37-18-16-15-17-19-37)66-50-35-40(64)34-49-54(50)63(53-43-33-39(58(4,5)6)21-27-51(43)67-56(53)66)47-25-24-45-52(62(13,14)31-30-60(45,9)10)55(47)65(49)41-22-23-44-46(36-41)61(11,12)29-28-59(44,7)8/h15-27,32-36H,28-31H2,1-14H3. The third-order valence-electron chi connectivity index (χ3n) is 16.7. The van der Waals surface area contributed by atoms with Crippen molar-refractivity contribution in [3.8, 4) is 11.1 Å². The van der Waals surface area contributed by atoms with Crippen LogP contribution in [0.4, 0.5) is 33.4 Å². The van der Waals surface area contributed by atoms with Gasteiger partial charge in [0.15, 0.2) is 0 Å². The Morgan fingerprint density at radius 3 is 1.79 bits per heavy atom. The highest BCUT2D eigenvalue weighted by atomic mass is 127. The maximum absolute atomic E-state index is 2.77. The van der Waals surface area contributed by atoms with Crippen LogP contribution in [-0.2, 0) is 32.5 Å². The van der Waals surface area contributed by atoms with Gasteiger partial charge in [0.05, 0.1) is 10.7 Å². The fourth-order valence-corrected chi connectivity index (χ4v) is 14.3. The molecule has 4 aliphatic rings. The van der Waals surface area contributed by atoms with Crippen molar-refractivity contribution in [3.63, 3.8) is 0 Å². The van der Waals surface area contributed by atoms with Gasteiger partial charge in [0.25, 0.3) is 6.71 Å². The second-order valence-corrected chi connectivity index (χ2v) is 27.6. The summed E-state index contributed by atoms with van der Waals surface area (Å²) in [6.45, 7) is 34.1. The van der Waals surface area contributed by atoms with Gasteiger partial charge in [-0.05, 0) is 184 Å². The Hall–Kier alpha value is -4.33. The zero-order chi connectivity index (χ0) is 47.5. The Kier molecular flexibility index (Phi) is 10.0. The van der Waals surface area contributed by atoms with E-state index >= 15 is 0 Å². The number of nitrogens with zero attached hydrogens (tertiary/aromatic N) is 2. The molecule has 0 saturated heterocycles. The average molecular weight is 1010 g/mol. The van der Waals surface area contributed by atoms with Crippen molar-refractivity contribution in [1.82, 2.24) is 0 Å². The topological polar surface area (TPSA) is 6.48 Å². The Morgan fingerprint density at radius 2 is 1.12 bits per heavy atom. The maximum atomic E-state index is 2.77. The van der Waals surface area contributed by atoms with Gasteiger partial charge in [0, 0.05) is 36.6 Å². The molecule has 7 aromatic rings. The third-order valence-corrected chi connectivity index (χ3v) is 18.5. The summed E-state index contributed by atoms with van der Waals surface area (Å²) in [5.41, 5.74) is 22.3. The number of halogens is 1. The summed E-state index contributed by atoms with van der Waals surface area (Å²) < 4.78 is 2.60. The molecular formula is C62H68BIN2S. The third kappa shape index (κ3) is 6.96. The minimum Gasteiger partial charge on any atom is -0.311 e. The first-order chi connectivity index (χ1) is 31.4. The molecule has 5 heteroatoms. The summed E-state index contributed by atoms with van der Waals surface area (Å²) in [5, 5.41) is 2.72. The van der Waals surface area contributed by atoms with Crippen molar-refractivity contribution < 1.29 is 0 Å². The zero-order valence-electron chi connectivity index (χ0n) is 42.5. The Balaban J connectivity index is 1.30. The number of hydrogen-bond acceptors (Lipinski definition) is 3. The number of fused-ring (bicyclic) bond motifs is 9. The molecule has 0 spiro atoms. The number of thiophene rings is 1. The second-order valence-electron chi connectivity index (χ2n) is 25.3. The molecule has 0 radical (unpaired) electrons. The molecular weight excluding hydrogens is 942 g/mol. The van der Waals surface area contributed by atoms with Gasteiger partial charge in [-0.15, -0.1) is 11.3 Å². The van der Waals surface area contributed by atoms with Crippen LogP contribution in [0.2, 0.25) is 0 Å². The molecule has 0 fully saturated rings. The molecule has 0 bridgehead atoms.